The van der Waals surface area contributed by atoms with Crippen LogP contribution in [0.1, 0.15) is 0 Å². The van der Waals surface area contributed by atoms with Gasteiger partial charge in [0.1, 0.15) is 32.3 Å². The Balaban J connectivity index is 1.50. The van der Waals surface area contributed by atoms with Gasteiger partial charge in [-0.15, -0.1) is 0 Å². The highest BCUT2D eigenvalue weighted by Gasteiger charge is 2.58. The Bertz CT molecular complexity index is 1410. The molecule has 0 saturated carbocycles. The zero-order valence-electron chi connectivity index (χ0n) is 33.9. The van der Waals surface area contributed by atoms with E-state index < -0.39 is 66.5 Å². The van der Waals surface area contributed by atoms with E-state index in [9.17, 15) is 0 Å². The van der Waals surface area contributed by atoms with Gasteiger partial charge in [-0.25, -0.2) is 0 Å². The highest BCUT2D eigenvalue weighted by molar-refractivity contribution is 6.98. The molecule has 1 saturated heterocycles. The first-order valence-corrected chi connectivity index (χ1v) is 42.0. The molecule has 0 radical (unpaired) electrons. The molecule has 5 rings (SSSR count). The monoisotopic (exact) mass is 848 g/mol. The van der Waals surface area contributed by atoms with Crippen LogP contribution in [-0.2, 0) is 16.5 Å². The van der Waals surface area contributed by atoms with Crippen LogP contribution in [0.15, 0.2) is 91.3 Å². The molecule has 0 spiro atoms. The Morgan fingerprint density at radius 1 is 0.365 bits per heavy atom. The summed E-state index contributed by atoms with van der Waals surface area (Å²) >= 11 is 0. The van der Waals surface area contributed by atoms with E-state index in [-0.39, 0.29) is 0 Å². The predicted octanol–water partition coefficient (Wildman–Crippen LogP) is 9.19. The highest BCUT2D eigenvalue weighted by atomic mass is 28.5. The lowest BCUT2D eigenvalue weighted by Crippen LogP contribution is -2.68. The lowest BCUT2D eigenvalue weighted by atomic mass is 10.7. The third-order valence-corrected chi connectivity index (χ3v) is 44.2. The van der Waals surface area contributed by atoms with Crippen LogP contribution in [0.3, 0.4) is 0 Å². The molecule has 0 aliphatic carbocycles. The Hall–Kier alpha value is -1.30. The fourth-order valence-electron chi connectivity index (χ4n) is 7.62. The van der Waals surface area contributed by atoms with Gasteiger partial charge in [0.05, 0.1) is 46.6 Å². The summed E-state index contributed by atoms with van der Waals surface area (Å²) in [6.07, 6.45) is 7.22. The zero-order chi connectivity index (χ0) is 38.1. The van der Waals surface area contributed by atoms with E-state index in [0.717, 1.165) is 69.9 Å². The molecular weight excluding hydrogens is 785 g/mol. The van der Waals surface area contributed by atoms with Crippen molar-refractivity contribution in [2.75, 3.05) is 0 Å². The van der Waals surface area contributed by atoms with Gasteiger partial charge in [0, 0.05) is 0 Å². The first-order valence-electron chi connectivity index (χ1n) is 19.0. The molecule has 0 aromatic carbocycles. The van der Waals surface area contributed by atoms with E-state index in [1.54, 1.807) is 25.1 Å². The maximum atomic E-state index is 7.68. The number of hydrogen-bond acceptors (Lipinski definition) is 8. The van der Waals surface area contributed by atoms with Crippen LogP contribution >= 0.6 is 0 Å². The second kappa shape index (κ2) is 15.7. The summed E-state index contributed by atoms with van der Waals surface area (Å²) < 4.78 is 54.7. The zero-order valence-corrected chi connectivity index (χ0v) is 41.9. The summed E-state index contributed by atoms with van der Waals surface area (Å²) in [7, 11) is -18.9. The molecule has 288 valence electrons. The molecule has 1 aliphatic heterocycles. The van der Waals surface area contributed by atoms with E-state index >= 15 is 0 Å². The van der Waals surface area contributed by atoms with E-state index in [2.05, 4.69) is 103 Å². The molecule has 1 fully saturated rings. The van der Waals surface area contributed by atoms with Crippen LogP contribution in [0.4, 0.5) is 0 Å². The standard InChI is InChI=1S/C36H64O8Si8/c1-45(2,33-17-13-21-37-33)25-29-49(9)41-50(10,30-26-46(3,4)34-18-14-22-38-34)43-52(12,32-28-48(7,8)36-20-16-24-40-36)44-51(11,42-49)31-27-47(5,6)35-19-15-23-39-35/h13-24H,25-32H2,1-12H3. The summed E-state index contributed by atoms with van der Waals surface area (Å²) in [5, 5.41) is 4.52. The van der Waals surface area contributed by atoms with Gasteiger partial charge in [-0.05, 0) is 123 Å². The lowest BCUT2D eigenvalue weighted by molar-refractivity contribution is 0.225. The molecule has 5 heterocycles. The second-order valence-corrected chi connectivity index (χ2v) is 51.8. The maximum absolute atomic E-state index is 7.68. The average molecular weight is 850 g/mol. The third-order valence-electron chi connectivity index (χ3n) is 11.3. The molecule has 1 aliphatic rings. The molecule has 0 N–H and O–H groups in total. The van der Waals surface area contributed by atoms with Crippen molar-refractivity contribution in [1.82, 2.24) is 0 Å². The van der Waals surface area contributed by atoms with Crippen LogP contribution in [0, 0.1) is 0 Å². The molecule has 4 aromatic heterocycles. The molecule has 8 nitrogen and oxygen atoms in total. The normalized spacial score (nSPS) is 26.7. The van der Waals surface area contributed by atoms with Crippen molar-refractivity contribution in [3.8, 4) is 0 Å². The van der Waals surface area contributed by atoms with Crippen LogP contribution < -0.4 is 21.5 Å². The van der Waals surface area contributed by atoms with E-state index in [1.165, 1.54) is 0 Å². The van der Waals surface area contributed by atoms with Crippen LogP contribution in [0.5, 0.6) is 0 Å². The van der Waals surface area contributed by atoms with Gasteiger partial charge >= 0.3 is 34.2 Å². The van der Waals surface area contributed by atoms with Gasteiger partial charge in [0.2, 0.25) is 0 Å². The van der Waals surface area contributed by atoms with Crippen LogP contribution in [0.25, 0.3) is 0 Å². The Morgan fingerprint density at radius 2 is 0.558 bits per heavy atom. The highest BCUT2D eigenvalue weighted by Crippen LogP contribution is 2.41. The maximum Gasteiger partial charge on any atom is 0.317 e. The lowest BCUT2D eigenvalue weighted by Gasteiger charge is -2.51. The van der Waals surface area contributed by atoms with E-state index in [1.807, 2.05) is 24.3 Å². The molecule has 0 atom stereocenters. The van der Waals surface area contributed by atoms with E-state index in [4.69, 9.17) is 34.1 Å². The summed E-state index contributed by atoms with van der Waals surface area (Å²) in [5.41, 5.74) is 0. The van der Waals surface area contributed by atoms with Gasteiger partial charge in [-0.3, -0.25) is 0 Å². The number of furan rings is 4. The summed E-state index contributed by atoms with van der Waals surface area (Å²) in [4.78, 5) is 0. The van der Waals surface area contributed by atoms with E-state index in [0.29, 0.717) is 0 Å². The van der Waals surface area contributed by atoms with Crippen molar-refractivity contribution in [3.63, 3.8) is 0 Å². The Labute approximate surface area is 321 Å². The quantitative estimate of drug-likeness (QED) is 0.103. The van der Waals surface area contributed by atoms with Crippen LogP contribution in [0.2, 0.25) is 127 Å². The molecule has 0 bridgehead atoms. The van der Waals surface area contributed by atoms with Gasteiger partial charge in [0.25, 0.3) is 0 Å². The van der Waals surface area contributed by atoms with Crippen molar-refractivity contribution >= 4 is 88.1 Å². The van der Waals surface area contributed by atoms with Gasteiger partial charge in [0.15, 0.2) is 0 Å². The third kappa shape index (κ3) is 10.5. The van der Waals surface area contributed by atoms with Crippen molar-refractivity contribution in [1.29, 1.82) is 0 Å². The van der Waals surface area contributed by atoms with Gasteiger partial charge < -0.3 is 34.1 Å². The number of rotatable bonds is 16. The fourth-order valence-corrected chi connectivity index (χ4v) is 49.7. The summed E-state index contributed by atoms with van der Waals surface area (Å²) in [5.74, 6) is 0. The van der Waals surface area contributed by atoms with Crippen molar-refractivity contribution < 1.29 is 34.1 Å². The van der Waals surface area contributed by atoms with Crippen LogP contribution in [-0.4, -0.2) is 66.5 Å². The minimum atomic E-state index is -2.84. The SMILES string of the molecule is C[Si]1(CC[Si](C)(C)c2ccco2)O[Si](C)(CC[Si](C)(C)c2ccco2)O[Si](C)(CC[Si](C)(C)c2ccco2)O[Si](C)(CC[Si](C)(C)c2ccco2)O1. The molecular formula is C36H64O8Si8. The minimum Gasteiger partial charge on any atom is -0.475 e. The predicted molar refractivity (Wildman–Crippen MR) is 233 cm³/mol. The second-order valence-electron chi connectivity index (χ2n) is 18.4. The number of hydrogen-bond donors (Lipinski definition) is 0. The van der Waals surface area contributed by atoms with Gasteiger partial charge in [-0.1, -0.05) is 52.4 Å². The molecule has 0 amide bonds. The fraction of sp³-hybridized carbons (Fsp3) is 0.556. The van der Waals surface area contributed by atoms with Crippen molar-refractivity contribution in [2.24, 2.45) is 0 Å². The average Bonchev–Trinajstić information content (AvgIpc) is 3.88. The summed E-state index contributed by atoms with van der Waals surface area (Å²) in [6.45, 7) is 28.4. The molecule has 4 aromatic rings. The first-order chi connectivity index (χ1) is 24.1. The van der Waals surface area contributed by atoms with Crippen molar-refractivity contribution in [2.45, 2.75) is 127 Å². The largest absolute Gasteiger partial charge is 0.475 e. The summed E-state index contributed by atoms with van der Waals surface area (Å²) in [6, 6.07) is 24.3. The Morgan fingerprint density at radius 3 is 0.712 bits per heavy atom. The first kappa shape index (κ1) is 41.9. The molecule has 52 heavy (non-hydrogen) atoms. The molecule has 0 unspecified atom stereocenters. The Kier molecular flexibility index (Phi) is 12.6. The minimum absolute atomic E-state index is 0.888. The smallest absolute Gasteiger partial charge is 0.317 e. The van der Waals surface area contributed by atoms with Gasteiger partial charge in [-0.2, -0.15) is 0 Å². The molecule has 16 heteroatoms. The topological polar surface area (TPSA) is 89.5 Å². The van der Waals surface area contributed by atoms with Crippen molar-refractivity contribution in [3.05, 3.63) is 73.6 Å².